The molecular weight excluding hydrogens is 580 g/mol. The lowest BCUT2D eigenvalue weighted by molar-refractivity contribution is -0.265. The van der Waals surface area contributed by atoms with Gasteiger partial charge in [0.15, 0.2) is 11.5 Å². The van der Waals surface area contributed by atoms with Crippen molar-refractivity contribution in [1.29, 1.82) is 0 Å². The van der Waals surface area contributed by atoms with Gasteiger partial charge < -0.3 is 24.6 Å². The molecule has 2 aliphatic carbocycles. The van der Waals surface area contributed by atoms with Crippen LogP contribution in [0.5, 0.6) is 17.2 Å². The van der Waals surface area contributed by atoms with Gasteiger partial charge in [0.1, 0.15) is 17.3 Å². The van der Waals surface area contributed by atoms with Gasteiger partial charge in [-0.25, -0.2) is 9.37 Å². The second kappa shape index (κ2) is 10.9. The number of rotatable bonds is 8. The largest absolute Gasteiger partial charge is 0.493 e. The van der Waals surface area contributed by atoms with Crippen LogP contribution in [0, 0.1) is 0 Å². The molecule has 0 spiro atoms. The van der Waals surface area contributed by atoms with Gasteiger partial charge >= 0.3 is 6.18 Å². The summed E-state index contributed by atoms with van der Waals surface area (Å²) in [6.45, 7) is 2.44. The van der Waals surface area contributed by atoms with Crippen LogP contribution in [0.15, 0.2) is 53.4 Å². The van der Waals surface area contributed by atoms with E-state index in [1.165, 1.54) is 43.5 Å². The molecule has 224 valence electrons. The Balaban J connectivity index is 1.51. The Kier molecular flexibility index (Phi) is 7.78. The number of nitrogens with zero attached hydrogens (tertiary/aromatic N) is 1. The fraction of sp³-hybridized carbons (Fsp3) is 0.400. The third-order valence-electron chi connectivity index (χ3n) is 7.33. The number of pyridine rings is 1. The molecule has 42 heavy (non-hydrogen) atoms. The normalized spacial score (nSPS) is 19.3. The molecule has 1 amide bonds. The number of aromatic nitrogens is 1. The first kappa shape index (κ1) is 29.9. The summed E-state index contributed by atoms with van der Waals surface area (Å²) in [5.74, 6) is -0.613. The SMILES string of the molecule is COc1cc(C(=O)NCC(O)(c2cc3c(c(C4=CC(Cl)=C(F)CC=C4)n2)OCC3(C)C)C(F)(F)F)ccc1OC1CC1. The van der Waals surface area contributed by atoms with E-state index in [0.717, 1.165) is 18.9 Å². The van der Waals surface area contributed by atoms with Crippen LogP contribution < -0.4 is 19.5 Å². The molecule has 2 aromatic rings. The molecule has 1 atom stereocenters. The maximum Gasteiger partial charge on any atom is 0.424 e. The van der Waals surface area contributed by atoms with Crippen LogP contribution in [0.3, 0.4) is 0 Å². The molecule has 2 N–H and O–H groups in total. The van der Waals surface area contributed by atoms with Gasteiger partial charge in [-0.1, -0.05) is 37.6 Å². The average Bonchev–Trinajstić information content (AvgIpc) is 3.73. The monoisotopic (exact) mass is 608 g/mol. The van der Waals surface area contributed by atoms with Crippen molar-refractivity contribution in [2.75, 3.05) is 20.3 Å². The van der Waals surface area contributed by atoms with E-state index in [2.05, 4.69) is 10.3 Å². The standard InChI is InChI=1S/C30H29ClF4N2O5/c1-28(2)15-41-26-19(28)13-24(37-25(26)16-5-4-6-21(32)20(31)11-16)29(39,30(33,34)35)14-36-27(38)17-7-10-22(23(12-17)40-3)42-18-8-9-18/h4-5,7,10-13,18,39H,6,8-9,14-15H2,1-3H3,(H,36,38). The van der Waals surface area contributed by atoms with Crippen LogP contribution in [-0.4, -0.2) is 48.5 Å². The number of fused-ring (bicyclic) bond motifs is 1. The molecule has 1 aliphatic heterocycles. The number of hydrogen-bond donors (Lipinski definition) is 2. The Morgan fingerprint density at radius 1 is 1.24 bits per heavy atom. The highest BCUT2D eigenvalue weighted by molar-refractivity contribution is 6.32. The van der Waals surface area contributed by atoms with Crippen LogP contribution in [0.4, 0.5) is 17.6 Å². The molecule has 1 aromatic carbocycles. The first-order chi connectivity index (χ1) is 19.7. The molecule has 1 unspecified atom stereocenters. The van der Waals surface area contributed by atoms with Gasteiger partial charge in [-0.3, -0.25) is 4.79 Å². The fourth-order valence-electron chi connectivity index (χ4n) is 4.64. The fourth-order valence-corrected chi connectivity index (χ4v) is 4.83. The van der Waals surface area contributed by atoms with Gasteiger partial charge in [-0.2, -0.15) is 13.2 Å². The molecule has 0 radical (unpaired) electrons. The van der Waals surface area contributed by atoms with Crippen LogP contribution >= 0.6 is 11.6 Å². The predicted molar refractivity (Wildman–Crippen MR) is 147 cm³/mol. The van der Waals surface area contributed by atoms with E-state index in [-0.39, 0.29) is 52.5 Å². The van der Waals surface area contributed by atoms with Crippen molar-refractivity contribution in [2.45, 2.75) is 56.4 Å². The lowest BCUT2D eigenvalue weighted by atomic mass is 9.84. The van der Waals surface area contributed by atoms with E-state index in [1.54, 1.807) is 13.8 Å². The minimum absolute atomic E-state index is 0.00820. The molecule has 12 heteroatoms. The lowest BCUT2D eigenvalue weighted by Gasteiger charge is -2.31. The lowest BCUT2D eigenvalue weighted by Crippen LogP contribution is -2.51. The van der Waals surface area contributed by atoms with Crippen molar-refractivity contribution in [3.63, 3.8) is 0 Å². The highest BCUT2D eigenvalue weighted by Crippen LogP contribution is 2.47. The van der Waals surface area contributed by atoms with Crippen LogP contribution in [0.2, 0.25) is 0 Å². The molecule has 1 saturated carbocycles. The molecule has 5 rings (SSSR count). The third-order valence-corrected chi connectivity index (χ3v) is 7.64. The van der Waals surface area contributed by atoms with E-state index in [0.29, 0.717) is 11.3 Å². The Morgan fingerprint density at radius 3 is 2.64 bits per heavy atom. The minimum atomic E-state index is -5.25. The third kappa shape index (κ3) is 5.72. The van der Waals surface area contributed by atoms with Gasteiger partial charge in [-0.15, -0.1) is 0 Å². The van der Waals surface area contributed by atoms with Crippen molar-refractivity contribution in [1.82, 2.24) is 10.3 Å². The van der Waals surface area contributed by atoms with Gasteiger partial charge in [-0.05, 0) is 43.2 Å². The summed E-state index contributed by atoms with van der Waals surface area (Å²) in [4.78, 5) is 17.2. The van der Waals surface area contributed by atoms with Gasteiger partial charge in [0.2, 0.25) is 5.60 Å². The molecule has 1 aromatic heterocycles. The number of carbonyl (C=O) groups excluding carboxylic acids is 1. The predicted octanol–water partition coefficient (Wildman–Crippen LogP) is 6.24. The highest BCUT2D eigenvalue weighted by atomic mass is 35.5. The molecule has 3 aliphatic rings. The molecule has 2 heterocycles. The zero-order valence-corrected chi connectivity index (χ0v) is 23.8. The van der Waals surface area contributed by atoms with Crippen molar-refractivity contribution in [3.05, 3.63) is 75.9 Å². The number of nitrogens with one attached hydrogen (secondary N) is 1. The Morgan fingerprint density at radius 2 is 1.98 bits per heavy atom. The number of allylic oxidation sites excluding steroid dienone is 6. The quantitative estimate of drug-likeness (QED) is 0.345. The average molecular weight is 609 g/mol. The first-order valence-corrected chi connectivity index (χ1v) is 13.6. The molecule has 7 nitrogen and oxygen atoms in total. The van der Waals surface area contributed by atoms with Gasteiger partial charge in [0.25, 0.3) is 5.91 Å². The van der Waals surface area contributed by atoms with E-state index in [4.69, 9.17) is 25.8 Å². The van der Waals surface area contributed by atoms with Crippen molar-refractivity contribution >= 4 is 23.1 Å². The Bertz CT molecular complexity index is 1510. The number of benzene rings is 1. The van der Waals surface area contributed by atoms with Gasteiger partial charge in [0.05, 0.1) is 37.1 Å². The molecular formula is C30H29ClF4N2O5. The number of ether oxygens (including phenoxy) is 3. The summed E-state index contributed by atoms with van der Waals surface area (Å²) in [6.07, 6.45) is 0.700. The Hall–Kier alpha value is -3.57. The maximum atomic E-state index is 14.6. The Labute approximate surface area is 244 Å². The van der Waals surface area contributed by atoms with E-state index >= 15 is 0 Å². The van der Waals surface area contributed by atoms with Crippen molar-refractivity contribution in [2.24, 2.45) is 0 Å². The number of aliphatic hydroxyl groups is 1. The van der Waals surface area contributed by atoms with Crippen LogP contribution in [-0.2, 0) is 11.0 Å². The summed E-state index contributed by atoms with van der Waals surface area (Å²) in [7, 11) is 1.39. The van der Waals surface area contributed by atoms with Crippen molar-refractivity contribution in [3.8, 4) is 17.2 Å². The smallest absolute Gasteiger partial charge is 0.424 e. The summed E-state index contributed by atoms with van der Waals surface area (Å²) in [5, 5.41) is 13.2. The summed E-state index contributed by atoms with van der Waals surface area (Å²) >= 11 is 6.05. The molecule has 1 fully saturated rings. The number of alkyl halides is 3. The molecule has 0 bridgehead atoms. The minimum Gasteiger partial charge on any atom is -0.493 e. The summed E-state index contributed by atoms with van der Waals surface area (Å²) in [5.41, 5.74) is -4.55. The second-order valence-electron chi connectivity index (χ2n) is 11.1. The second-order valence-corrected chi connectivity index (χ2v) is 11.5. The summed E-state index contributed by atoms with van der Waals surface area (Å²) in [6, 6.07) is 5.40. The molecule has 0 saturated heterocycles. The van der Waals surface area contributed by atoms with E-state index < -0.39 is 41.2 Å². The highest BCUT2D eigenvalue weighted by Gasteiger charge is 2.57. The van der Waals surface area contributed by atoms with Crippen molar-refractivity contribution < 1.29 is 41.7 Å². The van der Waals surface area contributed by atoms with E-state index in [9.17, 15) is 27.5 Å². The number of halogens is 5. The number of hydrogen-bond acceptors (Lipinski definition) is 6. The zero-order chi connectivity index (χ0) is 30.4. The van der Waals surface area contributed by atoms with E-state index in [1.807, 2.05) is 0 Å². The van der Waals surface area contributed by atoms with Gasteiger partial charge in [0, 0.05) is 28.5 Å². The van der Waals surface area contributed by atoms with Crippen LogP contribution in [0.1, 0.15) is 60.4 Å². The summed E-state index contributed by atoms with van der Waals surface area (Å²) < 4.78 is 74.9. The maximum absolute atomic E-state index is 14.6. The topological polar surface area (TPSA) is 89.9 Å². The number of amides is 1. The van der Waals surface area contributed by atoms with Crippen LogP contribution in [0.25, 0.3) is 5.57 Å². The first-order valence-electron chi connectivity index (χ1n) is 13.3. The number of carbonyl (C=O) groups is 1. The zero-order valence-electron chi connectivity index (χ0n) is 23.1. The number of methoxy groups -OCH3 is 1.